The Kier molecular flexibility index (Phi) is 6.78. The monoisotopic (exact) mass is 456 g/mol. The summed E-state index contributed by atoms with van der Waals surface area (Å²) in [5.74, 6) is -0.325. The Hall–Kier alpha value is -3.92. The fraction of sp³-hybridized carbons (Fsp3) is 0.333. The molecule has 3 aromatic rings. The molecule has 0 saturated carbocycles. The van der Waals surface area contributed by atoms with Crippen LogP contribution >= 0.6 is 0 Å². The molecule has 174 valence electrons. The molecule has 0 unspecified atom stereocenters. The molecule has 2 atom stereocenters. The van der Waals surface area contributed by atoms with Crippen molar-refractivity contribution in [3.63, 3.8) is 0 Å². The zero-order valence-electron chi connectivity index (χ0n) is 19.7. The van der Waals surface area contributed by atoms with E-state index in [1.165, 1.54) is 16.7 Å². The number of nitrogens with zero attached hydrogens (tertiary/aromatic N) is 3. The smallest absolute Gasteiger partial charge is 0.263 e. The second-order valence-corrected chi connectivity index (χ2v) is 8.79. The minimum atomic E-state index is -0.711. The van der Waals surface area contributed by atoms with Crippen LogP contribution in [-0.2, 0) is 9.59 Å². The normalized spacial score (nSPS) is 16.5. The number of pyridine rings is 1. The number of piperidine rings is 1. The first-order chi connectivity index (χ1) is 16.4. The van der Waals surface area contributed by atoms with E-state index >= 15 is 0 Å². The highest BCUT2D eigenvalue weighted by Gasteiger charge is 2.31. The van der Waals surface area contributed by atoms with E-state index < -0.39 is 6.10 Å². The third-order valence-electron chi connectivity index (χ3n) is 6.41. The molecule has 2 amide bonds. The van der Waals surface area contributed by atoms with Gasteiger partial charge in [0.2, 0.25) is 5.91 Å². The third-order valence-corrected chi connectivity index (χ3v) is 6.41. The van der Waals surface area contributed by atoms with E-state index in [4.69, 9.17) is 10.00 Å². The van der Waals surface area contributed by atoms with Crippen LogP contribution in [0.15, 0.2) is 48.7 Å². The van der Waals surface area contributed by atoms with Crippen LogP contribution in [0.2, 0.25) is 0 Å². The number of hydrogen-bond donors (Lipinski definition) is 1. The van der Waals surface area contributed by atoms with Crippen molar-refractivity contribution in [2.45, 2.75) is 39.7 Å². The number of ether oxygens (including phenoxy) is 1. The highest BCUT2D eigenvalue weighted by atomic mass is 16.5. The van der Waals surface area contributed by atoms with Crippen LogP contribution in [0, 0.1) is 31.2 Å². The molecule has 4 rings (SSSR count). The summed E-state index contributed by atoms with van der Waals surface area (Å²) in [6.07, 6.45) is 4.12. The molecule has 7 heteroatoms. The lowest BCUT2D eigenvalue weighted by Gasteiger charge is -2.33. The molecule has 1 saturated heterocycles. The summed E-state index contributed by atoms with van der Waals surface area (Å²) in [6.45, 7) is 6.79. The molecule has 2 aromatic carbocycles. The summed E-state index contributed by atoms with van der Waals surface area (Å²) >= 11 is 0. The van der Waals surface area contributed by atoms with E-state index in [1.54, 1.807) is 24.2 Å². The zero-order valence-corrected chi connectivity index (χ0v) is 19.7. The Bertz CT molecular complexity index is 1260. The number of nitrogens with one attached hydrogen (secondary N) is 1. The van der Waals surface area contributed by atoms with Crippen molar-refractivity contribution in [1.29, 1.82) is 5.26 Å². The Morgan fingerprint density at radius 3 is 2.71 bits per heavy atom. The van der Waals surface area contributed by atoms with Gasteiger partial charge >= 0.3 is 0 Å². The summed E-state index contributed by atoms with van der Waals surface area (Å²) in [6, 6.07) is 14.0. The lowest BCUT2D eigenvalue weighted by Crippen LogP contribution is -2.48. The van der Waals surface area contributed by atoms with Crippen molar-refractivity contribution in [3.8, 4) is 23.1 Å². The van der Waals surface area contributed by atoms with Gasteiger partial charge in [0, 0.05) is 30.7 Å². The maximum absolute atomic E-state index is 13.0. The van der Waals surface area contributed by atoms with Gasteiger partial charge in [-0.2, -0.15) is 5.26 Å². The lowest BCUT2D eigenvalue weighted by molar-refractivity contribution is -0.141. The first kappa shape index (κ1) is 23.2. The highest BCUT2D eigenvalue weighted by molar-refractivity contribution is 5.96. The Morgan fingerprint density at radius 2 is 1.97 bits per heavy atom. The van der Waals surface area contributed by atoms with Crippen LogP contribution in [0.5, 0.6) is 5.75 Å². The molecule has 1 aliphatic heterocycles. The third kappa shape index (κ3) is 4.72. The Labute approximate surface area is 199 Å². The highest BCUT2D eigenvalue weighted by Crippen LogP contribution is 2.34. The Balaban J connectivity index is 1.52. The van der Waals surface area contributed by atoms with E-state index in [1.807, 2.05) is 24.3 Å². The minimum Gasteiger partial charge on any atom is -0.481 e. The summed E-state index contributed by atoms with van der Waals surface area (Å²) in [5, 5.41) is 11.9. The van der Waals surface area contributed by atoms with E-state index in [2.05, 4.69) is 42.3 Å². The van der Waals surface area contributed by atoms with Crippen molar-refractivity contribution in [3.05, 3.63) is 59.8 Å². The summed E-state index contributed by atoms with van der Waals surface area (Å²) in [4.78, 5) is 31.2. The topological polar surface area (TPSA) is 95.3 Å². The fourth-order valence-corrected chi connectivity index (χ4v) is 4.72. The maximum Gasteiger partial charge on any atom is 0.263 e. The number of fused-ring (bicyclic) bond motifs is 1. The number of aromatic nitrogens is 1. The number of rotatable bonds is 5. The molecule has 0 bridgehead atoms. The fourth-order valence-electron chi connectivity index (χ4n) is 4.72. The van der Waals surface area contributed by atoms with Crippen molar-refractivity contribution in [2.75, 3.05) is 13.1 Å². The number of aryl methyl sites for hydroxylation is 2. The molecular formula is C27H28N4O3. The molecule has 0 radical (unpaired) electrons. The molecule has 7 nitrogen and oxygen atoms in total. The van der Waals surface area contributed by atoms with Gasteiger partial charge in [0.1, 0.15) is 5.75 Å². The van der Waals surface area contributed by atoms with Crippen molar-refractivity contribution in [2.24, 2.45) is 5.92 Å². The van der Waals surface area contributed by atoms with Crippen LogP contribution in [0.3, 0.4) is 0 Å². The van der Waals surface area contributed by atoms with Gasteiger partial charge in [-0.05, 0) is 74.1 Å². The van der Waals surface area contributed by atoms with Crippen LogP contribution in [0.1, 0.15) is 30.9 Å². The molecule has 1 aliphatic rings. The second kappa shape index (κ2) is 9.92. The molecule has 1 aromatic heterocycles. The SMILES string of the molecule is Cc1cccc(C)c1-c1ccnc2cc(O[C@H](C)C(=O)N3CCC[C@H](C(=O)NC#N)C3)ccc12. The summed E-state index contributed by atoms with van der Waals surface area (Å²) < 4.78 is 5.99. The van der Waals surface area contributed by atoms with Crippen LogP contribution in [-0.4, -0.2) is 40.9 Å². The molecular weight excluding hydrogens is 428 g/mol. The van der Waals surface area contributed by atoms with Gasteiger partial charge in [0.25, 0.3) is 5.91 Å². The van der Waals surface area contributed by atoms with E-state index in [9.17, 15) is 9.59 Å². The van der Waals surface area contributed by atoms with Gasteiger partial charge in [-0.3, -0.25) is 19.9 Å². The van der Waals surface area contributed by atoms with Crippen LogP contribution < -0.4 is 10.1 Å². The molecule has 0 aliphatic carbocycles. The van der Waals surface area contributed by atoms with Gasteiger partial charge in [-0.15, -0.1) is 0 Å². The van der Waals surface area contributed by atoms with Crippen molar-refractivity contribution in [1.82, 2.24) is 15.2 Å². The lowest BCUT2D eigenvalue weighted by atomic mass is 9.93. The molecule has 0 spiro atoms. The number of carbonyl (C=O) groups is 2. The van der Waals surface area contributed by atoms with Crippen LogP contribution in [0.4, 0.5) is 0 Å². The quantitative estimate of drug-likeness (QED) is 0.460. The van der Waals surface area contributed by atoms with E-state index in [-0.39, 0.29) is 17.7 Å². The van der Waals surface area contributed by atoms with Crippen molar-refractivity contribution >= 4 is 22.7 Å². The van der Waals surface area contributed by atoms with Crippen LogP contribution in [0.25, 0.3) is 22.0 Å². The molecule has 1 fully saturated rings. The average Bonchev–Trinajstić information content (AvgIpc) is 2.83. The predicted molar refractivity (Wildman–Crippen MR) is 130 cm³/mol. The number of benzene rings is 2. The van der Waals surface area contributed by atoms with E-state index in [0.29, 0.717) is 31.7 Å². The van der Waals surface area contributed by atoms with Gasteiger partial charge in [-0.25, -0.2) is 0 Å². The molecule has 34 heavy (non-hydrogen) atoms. The first-order valence-corrected chi connectivity index (χ1v) is 11.5. The molecule has 1 N–H and O–H groups in total. The largest absolute Gasteiger partial charge is 0.481 e. The summed E-state index contributed by atoms with van der Waals surface area (Å²) in [5.41, 5.74) is 5.52. The molecule has 2 heterocycles. The number of carbonyl (C=O) groups excluding carboxylic acids is 2. The Morgan fingerprint density at radius 1 is 1.21 bits per heavy atom. The van der Waals surface area contributed by atoms with Crippen molar-refractivity contribution < 1.29 is 14.3 Å². The second-order valence-electron chi connectivity index (χ2n) is 8.79. The predicted octanol–water partition coefficient (Wildman–Crippen LogP) is 4.12. The van der Waals surface area contributed by atoms with E-state index in [0.717, 1.165) is 16.5 Å². The number of amides is 2. The maximum atomic E-state index is 13.0. The number of hydrogen-bond acceptors (Lipinski definition) is 5. The zero-order chi connectivity index (χ0) is 24.2. The van der Waals surface area contributed by atoms with Gasteiger partial charge in [-0.1, -0.05) is 18.2 Å². The standard InChI is InChI=1S/C27H28N4O3/c1-17-6-4-7-18(2)25(17)23-11-12-29-24-14-21(9-10-22(23)24)34-19(3)27(33)31-13-5-8-20(15-31)26(32)30-16-28/h4,6-7,9-12,14,19-20H,5,8,13,15H2,1-3H3,(H,30,32)/t19-,20+/m1/s1. The van der Waals surface area contributed by atoms with Gasteiger partial charge < -0.3 is 9.64 Å². The summed E-state index contributed by atoms with van der Waals surface area (Å²) in [7, 11) is 0. The first-order valence-electron chi connectivity index (χ1n) is 11.5. The minimum absolute atomic E-state index is 0.174. The number of likely N-dealkylation sites (tertiary alicyclic amines) is 1. The van der Waals surface area contributed by atoms with Gasteiger partial charge in [0.05, 0.1) is 11.4 Å². The number of nitriles is 1. The average molecular weight is 457 g/mol. The van der Waals surface area contributed by atoms with Gasteiger partial charge in [0.15, 0.2) is 12.3 Å².